The molecule has 0 spiro atoms. The molecule has 0 bridgehead atoms. The second-order valence-corrected chi connectivity index (χ2v) is 5.60. The number of carbonyl (C=O) groups is 1. The summed E-state index contributed by atoms with van der Waals surface area (Å²) < 4.78 is 0. The molecule has 0 radical (unpaired) electrons. The van der Waals surface area contributed by atoms with Crippen LogP contribution in [0.25, 0.3) is 0 Å². The zero-order valence-electron chi connectivity index (χ0n) is 12.0. The molecule has 0 aromatic carbocycles. The Morgan fingerprint density at radius 1 is 1.47 bits per heavy atom. The van der Waals surface area contributed by atoms with E-state index in [1.807, 2.05) is 14.1 Å². The molecule has 0 aliphatic heterocycles. The molecule has 1 amide bonds. The van der Waals surface area contributed by atoms with Gasteiger partial charge in [0.1, 0.15) is 5.82 Å². The standard InChI is InChI=1S/C13H21ClN4O/c1-13(2,18(4)5)8-17-12(19)9-6-11(15-3)16-7-10(9)14/h6-7H,8H2,1-5H3,(H,15,16)(H,17,19). The van der Waals surface area contributed by atoms with Gasteiger partial charge < -0.3 is 15.5 Å². The van der Waals surface area contributed by atoms with Gasteiger partial charge in [0.05, 0.1) is 10.6 Å². The minimum Gasteiger partial charge on any atom is -0.373 e. The largest absolute Gasteiger partial charge is 0.373 e. The summed E-state index contributed by atoms with van der Waals surface area (Å²) >= 11 is 6.00. The third-order valence-corrected chi connectivity index (χ3v) is 3.55. The van der Waals surface area contributed by atoms with Gasteiger partial charge in [0.15, 0.2) is 0 Å². The Morgan fingerprint density at radius 3 is 2.63 bits per heavy atom. The smallest absolute Gasteiger partial charge is 0.253 e. The molecule has 0 aliphatic carbocycles. The molecule has 6 heteroatoms. The first-order valence-electron chi connectivity index (χ1n) is 6.07. The summed E-state index contributed by atoms with van der Waals surface area (Å²) in [6, 6.07) is 1.64. The number of nitrogens with one attached hydrogen (secondary N) is 2. The Balaban J connectivity index is 2.79. The average Bonchev–Trinajstić information content (AvgIpc) is 2.36. The Labute approximate surface area is 119 Å². The highest BCUT2D eigenvalue weighted by atomic mass is 35.5. The normalized spacial score (nSPS) is 11.5. The van der Waals surface area contributed by atoms with Crippen molar-refractivity contribution in [2.75, 3.05) is 33.0 Å². The number of carbonyl (C=O) groups excluding carboxylic acids is 1. The number of aromatic nitrogens is 1. The molecule has 1 heterocycles. The van der Waals surface area contributed by atoms with E-state index < -0.39 is 0 Å². The highest BCUT2D eigenvalue weighted by molar-refractivity contribution is 6.33. The molecule has 1 aromatic heterocycles. The van der Waals surface area contributed by atoms with Crippen molar-refractivity contribution in [2.24, 2.45) is 0 Å². The van der Waals surface area contributed by atoms with Crippen LogP contribution in [0.5, 0.6) is 0 Å². The van der Waals surface area contributed by atoms with Crippen LogP contribution in [0.1, 0.15) is 24.2 Å². The lowest BCUT2D eigenvalue weighted by atomic mass is 10.0. The summed E-state index contributed by atoms with van der Waals surface area (Å²) in [4.78, 5) is 18.2. The van der Waals surface area contributed by atoms with E-state index in [0.717, 1.165) is 0 Å². The highest BCUT2D eigenvalue weighted by Gasteiger charge is 2.22. The van der Waals surface area contributed by atoms with Gasteiger partial charge >= 0.3 is 0 Å². The van der Waals surface area contributed by atoms with Crippen molar-refractivity contribution in [3.63, 3.8) is 0 Å². The molecule has 0 atom stereocenters. The molecule has 0 unspecified atom stereocenters. The topological polar surface area (TPSA) is 57.3 Å². The van der Waals surface area contributed by atoms with Gasteiger partial charge in [0, 0.05) is 25.3 Å². The minimum atomic E-state index is -0.196. The zero-order valence-corrected chi connectivity index (χ0v) is 12.8. The summed E-state index contributed by atoms with van der Waals surface area (Å²) in [6.07, 6.45) is 1.47. The van der Waals surface area contributed by atoms with Gasteiger partial charge in [-0.3, -0.25) is 4.79 Å². The molecule has 19 heavy (non-hydrogen) atoms. The van der Waals surface area contributed by atoms with E-state index in [2.05, 4.69) is 34.4 Å². The molecule has 5 nitrogen and oxygen atoms in total. The van der Waals surface area contributed by atoms with Gasteiger partial charge in [-0.2, -0.15) is 0 Å². The van der Waals surface area contributed by atoms with Gasteiger partial charge in [0.25, 0.3) is 5.91 Å². The molecule has 0 saturated heterocycles. The van der Waals surface area contributed by atoms with E-state index in [1.165, 1.54) is 6.20 Å². The Kier molecular flexibility index (Phi) is 5.14. The molecule has 1 aromatic rings. The van der Waals surface area contributed by atoms with Crippen LogP contribution in [-0.2, 0) is 0 Å². The van der Waals surface area contributed by atoms with Crippen molar-refractivity contribution in [3.8, 4) is 0 Å². The number of amides is 1. The van der Waals surface area contributed by atoms with Crippen LogP contribution in [-0.4, -0.2) is 49.0 Å². The molecule has 0 fully saturated rings. The first-order valence-corrected chi connectivity index (χ1v) is 6.44. The van der Waals surface area contributed by atoms with Crippen molar-refractivity contribution < 1.29 is 4.79 Å². The van der Waals surface area contributed by atoms with E-state index in [4.69, 9.17) is 11.6 Å². The van der Waals surface area contributed by atoms with Crippen molar-refractivity contribution in [2.45, 2.75) is 19.4 Å². The van der Waals surface area contributed by atoms with Crippen LogP contribution in [0, 0.1) is 0 Å². The van der Waals surface area contributed by atoms with Crippen LogP contribution >= 0.6 is 11.6 Å². The minimum absolute atomic E-state index is 0.124. The lowest BCUT2D eigenvalue weighted by Crippen LogP contribution is -2.48. The predicted octanol–water partition coefficient (Wildman–Crippen LogP) is 1.85. The number of nitrogens with zero attached hydrogens (tertiary/aromatic N) is 2. The van der Waals surface area contributed by atoms with Crippen LogP contribution in [0.2, 0.25) is 5.02 Å². The summed E-state index contributed by atoms with van der Waals surface area (Å²) in [5.74, 6) is 0.417. The zero-order chi connectivity index (χ0) is 14.6. The van der Waals surface area contributed by atoms with Gasteiger partial charge in [-0.15, -0.1) is 0 Å². The Hall–Kier alpha value is -1.33. The van der Waals surface area contributed by atoms with E-state index >= 15 is 0 Å². The van der Waals surface area contributed by atoms with Crippen LogP contribution in [0.15, 0.2) is 12.3 Å². The van der Waals surface area contributed by atoms with Crippen molar-refractivity contribution in [3.05, 3.63) is 22.8 Å². The van der Waals surface area contributed by atoms with E-state index in [0.29, 0.717) is 22.9 Å². The van der Waals surface area contributed by atoms with Crippen LogP contribution in [0.3, 0.4) is 0 Å². The first kappa shape index (κ1) is 15.7. The summed E-state index contributed by atoms with van der Waals surface area (Å²) in [6.45, 7) is 4.65. The van der Waals surface area contributed by atoms with E-state index in [9.17, 15) is 4.79 Å². The van der Waals surface area contributed by atoms with Gasteiger partial charge in [-0.05, 0) is 34.0 Å². The fourth-order valence-electron chi connectivity index (χ4n) is 1.30. The summed E-state index contributed by atoms with van der Waals surface area (Å²) in [5, 5.41) is 6.12. The quantitative estimate of drug-likeness (QED) is 0.866. The Morgan fingerprint density at radius 2 is 2.11 bits per heavy atom. The summed E-state index contributed by atoms with van der Waals surface area (Å²) in [5.41, 5.74) is 0.302. The van der Waals surface area contributed by atoms with Crippen molar-refractivity contribution >= 4 is 23.3 Å². The van der Waals surface area contributed by atoms with Gasteiger partial charge in [-0.1, -0.05) is 11.6 Å². The third-order valence-electron chi connectivity index (χ3n) is 3.25. The second-order valence-electron chi connectivity index (χ2n) is 5.19. The number of hydrogen-bond donors (Lipinski definition) is 2. The Bertz CT molecular complexity index is 460. The summed E-state index contributed by atoms with van der Waals surface area (Å²) in [7, 11) is 5.70. The van der Waals surface area contributed by atoms with Crippen molar-refractivity contribution in [1.29, 1.82) is 0 Å². The maximum Gasteiger partial charge on any atom is 0.253 e. The second kappa shape index (κ2) is 6.21. The van der Waals surface area contributed by atoms with Crippen LogP contribution < -0.4 is 10.6 Å². The number of likely N-dealkylation sites (N-methyl/N-ethyl adjacent to an activating group) is 1. The molecule has 1 rings (SSSR count). The maximum atomic E-state index is 12.1. The molecule has 0 saturated carbocycles. The molecule has 2 N–H and O–H groups in total. The number of hydrogen-bond acceptors (Lipinski definition) is 4. The maximum absolute atomic E-state index is 12.1. The predicted molar refractivity (Wildman–Crippen MR) is 78.9 cm³/mol. The lowest BCUT2D eigenvalue weighted by Gasteiger charge is -2.32. The number of pyridine rings is 1. The highest BCUT2D eigenvalue weighted by Crippen LogP contribution is 2.18. The fraction of sp³-hybridized carbons (Fsp3) is 0.538. The lowest BCUT2D eigenvalue weighted by molar-refractivity contribution is 0.0920. The van der Waals surface area contributed by atoms with Crippen LogP contribution in [0.4, 0.5) is 5.82 Å². The SMILES string of the molecule is CNc1cc(C(=O)NCC(C)(C)N(C)C)c(Cl)cn1. The monoisotopic (exact) mass is 284 g/mol. The average molecular weight is 285 g/mol. The molecule has 106 valence electrons. The van der Waals surface area contributed by atoms with E-state index in [-0.39, 0.29) is 11.4 Å². The van der Waals surface area contributed by atoms with E-state index in [1.54, 1.807) is 13.1 Å². The molecule has 0 aliphatic rings. The number of anilines is 1. The molecular weight excluding hydrogens is 264 g/mol. The van der Waals surface area contributed by atoms with Crippen molar-refractivity contribution in [1.82, 2.24) is 15.2 Å². The first-order chi connectivity index (χ1) is 8.77. The number of rotatable bonds is 5. The van der Waals surface area contributed by atoms with Gasteiger partial charge in [0.2, 0.25) is 0 Å². The van der Waals surface area contributed by atoms with Gasteiger partial charge in [-0.25, -0.2) is 4.98 Å². The third kappa shape index (κ3) is 4.08. The molecular formula is C13H21ClN4O. The number of halogens is 1. The fourth-order valence-corrected chi connectivity index (χ4v) is 1.49.